The first-order valence-electron chi connectivity index (χ1n) is 7.40. The summed E-state index contributed by atoms with van der Waals surface area (Å²) < 4.78 is 0. The molecule has 2 N–H and O–H groups in total. The highest BCUT2D eigenvalue weighted by atomic mass is 35.5. The van der Waals surface area contributed by atoms with E-state index < -0.39 is 5.60 Å². The summed E-state index contributed by atoms with van der Waals surface area (Å²) in [4.78, 5) is 0. The summed E-state index contributed by atoms with van der Waals surface area (Å²) >= 11 is 12.1. The van der Waals surface area contributed by atoms with E-state index in [1.54, 1.807) is 6.07 Å². The molecule has 0 radical (unpaired) electrons. The minimum Gasteiger partial charge on any atom is -0.389 e. The summed E-state index contributed by atoms with van der Waals surface area (Å²) in [6.45, 7) is 3.49. The van der Waals surface area contributed by atoms with Gasteiger partial charge < -0.3 is 10.4 Å². The first-order valence-corrected chi connectivity index (χ1v) is 8.15. The third kappa shape index (κ3) is 4.11. The Labute approximate surface area is 131 Å². The van der Waals surface area contributed by atoms with E-state index in [2.05, 4.69) is 12.2 Å². The lowest BCUT2D eigenvalue weighted by Gasteiger charge is -2.36. The van der Waals surface area contributed by atoms with Crippen molar-refractivity contribution in [1.29, 1.82) is 0 Å². The lowest BCUT2D eigenvalue weighted by molar-refractivity contribution is -0.00880. The molecule has 0 heterocycles. The lowest BCUT2D eigenvalue weighted by atomic mass is 9.78. The molecule has 2 nitrogen and oxygen atoms in total. The van der Waals surface area contributed by atoms with Crippen LogP contribution in [0.4, 0.5) is 0 Å². The highest BCUT2D eigenvalue weighted by molar-refractivity contribution is 6.42. The Hall–Kier alpha value is -0.280. The second kappa shape index (κ2) is 7.13. The molecule has 0 unspecified atom stereocenters. The molecule has 1 aromatic rings. The van der Waals surface area contributed by atoms with Crippen LogP contribution in [0.5, 0.6) is 0 Å². The summed E-state index contributed by atoms with van der Waals surface area (Å²) in [6.07, 6.45) is 5.27. The largest absolute Gasteiger partial charge is 0.389 e. The van der Waals surface area contributed by atoms with Gasteiger partial charge in [0, 0.05) is 13.1 Å². The van der Waals surface area contributed by atoms with Gasteiger partial charge in [0.05, 0.1) is 15.6 Å². The molecule has 2 rings (SSSR count). The predicted octanol–water partition coefficient (Wildman–Crippen LogP) is 4.41. The SMILES string of the molecule is CCC1CCC(O)(CNCc2cccc(Cl)c2Cl)CC1. The van der Waals surface area contributed by atoms with Gasteiger partial charge in [0.25, 0.3) is 0 Å². The fourth-order valence-corrected chi connectivity index (χ4v) is 3.30. The second-order valence-corrected chi connectivity index (χ2v) is 6.68. The van der Waals surface area contributed by atoms with E-state index in [9.17, 15) is 5.11 Å². The van der Waals surface area contributed by atoms with Crippen LogP contribution >= 0.6 is 23.2 Å². The summed E-state index contributed by atoms with van der Waals surface area (Å²) in [7, 11) is 0. The molecule has 1 aliphatic rings. The average molecular weight is 316 g/mol. The molecule has 0 atom stereocenters. The first kappa shape index (κ1) is 16.1. The number of halogens is 2. The van der Waals surface area contributed by atoms with Crippen LogP contribution in [0.3, 0.4) is 0 Å². The third-order valence-corrected chi connectivity index (χ3v) is 5.27. The Morgan fingerprint density at radius 2 is 2.00 bits per heavy atom. The molecular formula is C16H23Cl2NO. The van der Waals surface area contributed by atoms with E-state index >= 15 is 0 Å². The summed E-state index contributed by atoms with van der Waals surface area (Å²) in [5, 5.41) is 15.1. The number of nitrogens with one attached hydrogen (secondary N) is 1. The quantitative estimate of drug-likeness (QED) is 0.843. The van der Waals surface area contributed by atoms with Gasteiger partial charge in [-0.2, -0.15) is 0 Å². The van der Waals surface area contributed by atoms with Crippen molar-refractivity contribution in [1.82, 2.24) is 5.32 Å². The fraction of sp³-hybridized carbons (Fsp3) is 0.625. The molecule has 0 aromatic heterocycles. The van der Waals surface area contributed by atoms with E-state index in [-0.39, 0.29) is 0 Å². The smallest absolute Gasteiger partial charge is 0.0771 e. The molecule has 1 aromatic carbocycles. The van der Waals surface area contributed by atoms with Crippen molar-refractivity contribution in [3.05, 3.63) is 33.8 Å². The maximum absolute atomic E-state index is 10.6. The predicted molar refractivity (Wildman–Crippen MR) is 85.4 cm³/mol. The van der Waals surface area contributed by atoms with Gasteiger partial charge in [-0.25, -0.2) is 0 Å². The monoisotopic (exact) mass is 315 g/mol. The summed E-state index contributed by atoms with van der Waals surface area (Å²) in [5.41, 5.74) is 0.418. The van der Waals surface area contributed by atoms with Crippen molar-refractivity contribution in [3.63, 3.8) is 0 Å². The van der Waals surface area contributed by atoms with Gasteiger partial charge in [0.1, 0.15) is 0 Å². The van der Waals surface area contributed by atoms with Crippen molar-refractivity contribution in [3.8, 4) is 0 Å². The molecule has 0 amide bonds. The van der Waals surface area contributed by atoms with Crippen molar-refractivity contribution < 1.29 is 5.11 Å². The van der Waals surface area contributed by atoms with Gasteiger partial charge in [-0.3, -0.25) is 0 Å². The van der Waals surface area contributed by atoms with Crippen molar-refractivity contribution in [2.45, 2.75) is 51.2 Å². The Morgan fingerprint density at radius 3 is 2.65 bits per heavy atom. The van der Waals surface area contributed by atoms with E-state index in [0.717, 1.165) is 37.2 Å². The molecule has 1 aliphatic carbocycles. The van der Waals surface area contributed by atoms with E-state index in [4.69, 9.17) is 23.2 Å². The number of rotatable bonds is 5. The van der Waals surface area contributed by atoms with Crippen molar-refractivity contribution in [2.24, 2.45) is 5.92 Å². The lowest BCUT2D eigenvalue weighted by Crippen LogP contribution is -2.43. The zero-order chi connectivity index (χ0) is 14.6. The number of hydrogen-bond acceptors (Lipinski definition) is 2. The topological polar surface area (TPSA) is 32.3 Å². The molecule has 0 spiro atoms. The number of aliphatic hydroxyl groups is 1. The van der Waals surface area contributed by atoms with Gasteiger partial charge >= 0.3 is 0 Å². The molecule has 0 bridgehead atoms. The highest BCUT2D eigenvalue weighted by Gasteiger charge is 2.32. The summed E-state index contributed by atoms with van der Waals surface area (Å²) in [6, 6.07) is 5.64. The zero-order valence-electron chi connectivity index (χ0n) is 12.0. The Kier molecular flexibility index (Phi) is 5.74. The van der Waals surface area contributed by atoms with Gasteiger partial charge in [-0.1, -0.05) is 48.7 Å². The van der Waals surface area contributed by atoms with Gasteiger partial charge in [0.2, 0.25) is 0 Å². The van der Waals surface area contributed by atoms with E-state index in [1.807, 2.05) is 12.1 Å². The van der Waals surface area contributed by atoms with Crippen LogP contribution in [0.15, 0.2) is 18.2 Å². The molecule has 4 heteroatoms. The minimum absolute atomic E-state index is 0.559. The number of hydrogen-bond donors (Lipinski definition) is 2. The minimum atomic E-state index is -0.559. The van der Waals surface area contributed by atoms with Gasteiger partial charge in [-0.05, 0) is 43.2 Å². The van der Waals surface area contributed by atoms with Gasteiger partial charge in [0.15, 0.2) is 0 Å². The molecule has 20 heavy (non-hydrogen) atoms. The summed E-state index contributed by atoms with van der Waals surface area (Å²) in [5.74, 6) is 0.789. The van der Waals surface area contributed by atoms with Gasteiger partial charge in [-0.15, -0.1) is 0 Å². The first-order chi connectivity index (χ1) is 9.54. The maximum Gasteiger partial charge on any atom is 0.0771 e. The van der Waals surface area contributed by atoms with Crippen LogP contribution in [0.2, 0.25) is 10.0 Å². The molecule has 1 fully saturated rings. The molecule has 112 valence electrons. The second-order valence-electron chi connectivity index (χ2n) is 5.89. The van der Waals surface area contributed by atoms with Crippen LogP contribution < -0.4 is 5.32 Å². The number of benzene rings is 1. The third-order valence-electron chi connectivity index (χ3n) is 4.41. The van der Waals surface area contributed by atoms with Crippen LogP contribution in [0.1, 0.15) is 44.6 Å². The van der Waals surface area contributed by atoms with E-state index in [0.29, 0.717) is 23.1 Å². The Morgan fingerprint density at radius 1 is 1.30 bits per heavy atom. The van der Waals surface area contributed by atoms with Crippen LogP contribution in [-0.2, 0) is 6.54 Å². The Bertz CT molecular complexity index is 442. The van der Waals surface area contributed by atoms with Crippen molar-refractivity contribution >= 4 is 23.2 Å². The molecule has 0 saturated heterocycles. The van der Waals surface area contributed by atoms with E-state index in [1.165, 1.54) is 6.42 Å². The van der Waals surface area contributed by atoms with Crippen molar-refractivity contribution in [2.75, 3.05) is 6.54 Å². The average Bonchev–Trinajstić information content (AvgIpc) is 2.44. The standard InChI is InChI=1S/C16H23Cl2NO/c1-2-12-6-8-16(20,9-7-12)11-19-10-13-4-3-5-14(17)15(13)18/h3-5,12,19-20H,2,6-11H2,1H3. The van der Waals surface area contributed by atoms with Crippen LogP contribution in [-0.4, -0.2) is 17.3 Å². The van der Waals surface area contributed by atoms with Crippen LogP contribution in [0.25, 0.3) is 0 Å². The normalized spacial score (nSPS) is 26.7. The Balaban J connectivity index is 1.82. The molecule has 0 aliphatic heterocycles. The molecule has 1 saturated carbocycles. The van der Waals surface area contributed by atoms with Crippen LogP contribution in [0, 0.1) is 5.92 Å². The molecular weight excluding hydrogens is 293 g/mol. The fourth-order valence-electron chi connectivity index (χ4n) is 2.91. The highest BCUT2D eigenvalue weighted by Crippen LogP contribution is 2.33. The zero-order valence-corrected chi connectivity index (χ0v) is 13.5. The maximum atomic E-state index is 10.6.